The zero-order valence-electron chi connectivity index (χ0n) is 19.4. The molecule has 1 aliphatic heterocycles. The molecule has 5 aromatic rings. The van der Waals surface area contributed by atoms with Crippen LogP contribution in [0.25, 0.3) is 17.2 Å². The number of amides is 1. The lowest BCUT2D eigenvalue weighted by Gasteiger charge is -2.23. The van der Waals surface area contributed by atoms with Crippen molar-refractivity contribution in [2.75, 3.05) is 11.1 Å². The number of phenols is 1. The highest BCUT2D eigenvalue weighted by Gasteiger charge is 2.47. The standard InChI is InChI=1S/C26H19F2N7O2/c1-26(14-3-2-4-16(36)10-14)20-21(29)32-22(33-23(20)34-25(26)37)19-12-35-8-7-30-24(35)18(31-19)9-13-5-6-15(27)11-17(13)28/h2-8,10-12,36H,9H2,1H3,(H3,29,32,33,34,37)/t26-/m1/s1. The van der Waals surface area contributed by atoms with E-state index in [0.717, 1.165) is 6.07 Å². The number of aromatic hydroxyl groups is 1. The van der Waals surface area contributed by atoms with Crippen molar-refractivity contribution in [1.29, 1.82) is 0 Å². The van der Waals surface area contributed by atoms with Gasteiger partial charge in [0.2, 0.25) is 5.91 Å². The minimum absolute atomic E-state index is 0.0130. The molecule has 0 bridgehead atoms. The number of aromatic nitrogens is 5. The summed E-state index contributed by atoms with van der Waals surface area (Å²) in [6.45, 7) is 1.69. The number of anilines is 2. The van der Waals surface area contributed by atoms with Gasteiger partial charge in [0, 0.05) is 31.1 Å². The van der Waals surface area contributed by atoms with Crippen molar-refractivity contribution in [2.45, 2.75) is 18.8 Å². The summed E-state index contributed by atoms with van der Waals surface area (Å²) in [6.07, 6.45) is 4.97. The summed E-state index contributed by atoms with van der Waals surface area (Å²) in [4.78, 5) is 31.0. The average molecular weight is 499 g/mol. The summed E-state index contributed by atoms with van der Waals surface area (Å²) in [5.41, 5.74) is 7.56. The molecular formula is C26H19F2N7O2. The van der Waals surface area contributed by atoms with Gasteiger partial charge >= 0.3 is 0 Å². The highest BCUT2D eigenvalue weighted by atomic mass is 19.1. The first-order valence-corrected chi connectivity index (χ1v) is 11.3. The molecule has 184 valence electrons. The third-order valence-corrected chi connectivity index (χ3v) is 6.59. The Morgan fingerprint density at radius 1 is 1.14 bits per heavy atom. The zero-order chi connectivity index (χ0) is 25.9. The van der Waals surface area contributed by atoms with Crippen molar-refractivity contribution in [3.8, 4) is 17.3 Å². The lowest BCUT2D eigenvalue weighted by molar-refractivity contribution is -0.119. The van der Waals surface area contributed by atoms with E-state index < -0.39 is 17.0 Å². The van der Waals surface area contributed by atoms with Crippen molar-refractivity contribution in [3.05, 3.63) is 95.1 Å². The number of halogens is 2. The van der Waals surface area contributed by atoms with E-state index in [1.54, 1.807) is 42.0 Å². The summed E-state index contributed by atoms with van der Waals surface area (Å²) < 4.78 is 29.5. The summed E-state index contributed by atoms with van der Waals surface area (Å²) >= 11 is 0. The highest BCUT2D eigenvalue weighted by molar-refractivity contribution is 6.09. The van der Waals surface area contributed by atoms with Gasteiger partial charge in [-0.1, -0.05) is 18.2 Å². The Morgan fingerprint density at radius 3 is 2.76 bits per heavy atom. The number of phenolic OH excluding ortho intramolecular Hbond substituents is 1. The zero-order valence-corrected chi connectivity index (χ0v) is 19.4. The van der Waals surface area contributed by atoms with Gasteiger partial charge in [0.15, 0.2) is 11.5 Å². The number of imidazole rings is 1. The normalized spacial score (nSPS) is 16.7. The van der Waals surface area contributed by atoms with E-state index in [2.05, 4.69) is 25.3 Å². The number of nitrogens with zero attached hydrogens (tertiary/aromatic N) is 5. The molecule has 1 amide bonds. The van der Waals surface area contributed by atoms with Gasteiger partial charge in [-0.2, -0.15) is 0 Å². The van der Waals surface area contributed by atoms with E-state index in [9.17, 15) is 18.7 Å². The second-order valence-corrected chi connectivity index (χ2v) is 8.93. The van der Waals surface area contributed by atoms with Crippen LogP contribution in [0.3, 0.4) is 0 Å². The molecule has 0 spiro atoms. The number of carbonyl (C=O) groups is 1. The molecule has 0 fully saturated rings. The number of nitrogen functional groups attached to an aromatic ring is 1. The van der Waals surface area contributed by atoms with Crippen molar-refractivity contribution >= 4 is 23.2 Å². The van der Waals surface area contributed by atoms with E-state index in [-0.39, 0.29) is 41.1 Å². The first kappa shape index (κ1) is 22.5. The number of carbonyl (C=O) groups excluding carboxylic acids is 1. The number of nitrogens with two attached hydrogens (primary N) is 1. The third kappa shape index (κ3) is 3.54. The van der Waals surface area contributed by atoms with E-state index in [0.29, 0.717) is 28.2 Å². The molecule has 6 rings (SSSR count). The smallest absolute Gasteiger partial charge is 0.240 e. The predicted octanol–water partition coefficient (Wildman–Crippen LogP) is 3.60. The molecular weight excluding hydrogens is 480 g/mol. The van der Waals surface area contributed by atoms with Gasteiger partial charge in [0.05, 0.1) is 11.3 Å². The predicted molar refractivity (Wildman–Crippen MR) is 131 cm³/mol. The van der Waals surface area contributed by atoms with Crippen LogP contribution in [0.15, 0.2) is 61.1 Å². The molecule has 3 aromatic heterocycles. The van der Waals surface area contributed by atoms with Gasteiger partial charge < -0.3 is 20.6 Å². The van der Waals surface area contributed by atoms with Crippen molar-refractivity contribution in [1.82, 2.24) is 24.3 Å². The minimum atomic E-state index is -1.22. The SMILES string of the molecule is C[C@]1(c2cccc(O)c2)C(=O)Nc2nc(-c3cn4ccnc4c(Cc4ccc(F)cc4F)n3)nc(N)c21. The Hall–Kier alpha value is -4.93. The Bertz CT molecular complexity index is 1740. The number of hydrogen-bond acceptors (Lipinski definition) is 7. The Labute approximate surface area is 208 Å². The largest absolute Gasteiger partial charge is 0.508 e. The summed E-state index contributed by atoms with van der Waals surface area (Å²) in [5.74, 6) is -1.26. The first-order chi connectivity index (χ1) is 17.7. The lowest BCUT2D eigenvalue weighted by atomic mass is 9.77. The molecule has 0 saturated heterocycles. The van der Waals surface area contributed by atoms with Gasteiger partial charge in [-0.25, -0.2) is 28.7 Å². The first-order valence-electron chi connectivity index (χ1n) is 11.3. The van der Waals surface area contributed by atoms with Crippen LogP contribution in [0.2, 0.25) is 0 Å². The molecule has 0 saturated carbocycles. The molecule has 0 unspecified atom stereocenters. The second kappa shape index (κ2) is 8.05. The van der Waals surface area contributed by atoms with Crippen molar-refractivity contribution in [2.24, 2.45) is 0 Å². The van der Waals surface area contributed by atoms with E-state index in [1.807, 2.05) is 0 Å². The fraction of sp³-hybridized carbons (Fsp3) is 0.115. The second-order valence-electron chi connectivity index (χ2n) is 8.93. The number of hydrogen-bond donors (Lipinski definition) is 3. The van der Waals surface area contributed by atoms with Crippen LogP contribution in [0.1, 0.15) is 29.3 Å². The maximum atomic E-state index is 14.4. The number of rotatable bonds is 4. The average Bonchev–Trinajstić information content (AvgIpc) is 3.44. The van der Waals surface area contributed by atoms with E-state index in [1.165, 1.54) is 24.3 Å². The fourth-order valence-electron chi connectivity index (χ4n) is 4.68. The van der Waals surface area contributed by atoms with Crippen molar-refractivity contribution < 1.29 is 18.7 Å². The summed E-state index contributed by atoms with van der Waals surface area (Å²) in [6, 6.07) is 9.73. The topological polar surface area (TPSA) is 131 Å². The maximum absolute atomic E-state index is 14.4. The van der Waals surface area contributed by atoms with E-state index >= 15 is 0 Å². The highest BCUT2D eigenvalue weighted by Crippen LogP contribution is 2.45. The molecule has 9 nitrogen and oxygen atoms in total. The minimum Gasteiger partial charge on any atom is -0.508 e. The van der Waals surface area contributed by atoms with Crippen LogP contribution in [0.4, 0.5) is 20.4 Å². The monoisotopic (exact) mass is 499 g/mol. The Balaban J connectivity index is 1.46. The van der Waals surface area contributed by atoms with Gasteiger partial charge in [-0.3, -0.25) is 4.79 Å². The lowest BCUT2D eigenvalue weighted by Crippen LogP contribution is -2.32. The van der Waals surface area contributed by atoms with Crippen molar-refractivity contribution in [3.63, 3.8) is 0 Å². The number of nitrogens with one attached hydrogen (secondary N) is 1. The molecule has 4 N–H and O–H groups in total. The molecule has 0 radical (unpaired) electrons. The molecule has 1 aliphatic rings. The summed E-state index contributed by atoms with van der Waals surface area (Å²) in [7, 11) is 0. The van der Waals surface area contributed by atoms with Gasteiger partial charge in [-0.15, -0.1) is 0 Å². The van der Waals surface area contributed by atoms with Crippen LogP contribution in [-0.2, 0) is 16.6 Å². The van der Waals surface area contributed by atoms with Crippen LogP contribution < -0.4 is 11.1 Å². The molecule has 2 aromatic carbocycles. The fourth-order valence-corrected chi connectivity index (χ4v) is 4.68. The quantitative estimate of drug-likeness (QED) is 0.344. The van der Waals surface area contributed by atoms with E-state index in [4.69, 9.17) is 5.73 Å². The molecule has 1 atom stereocenters. The third-order valence-electron chi connectivity index (χ3n) is 6.59. The molecule has 4 heterocycles. The maximum Gasteiger partial charge on any atom is 0.240 e. The number of fused-ring (bicyclic) bond motifs is 2. The Morgan fingerprint density at radius 2 is 1.97 bits per heavy atom. The molecule has 11 heteroatoms. The van der Waals surface area contributed by atoms with Crippen LogP contribution in [0.5, 0.6) is 5.75 Å². The number of benzene rings is 2. The van der Waals surface area contributed by atoms with Crippen LogP contribution in [0, 0.1) is 11.6 Å². The van der Waals surface area contributed by atoms with Gasteiger partial charge in [0.25, 0.3) is 0 Å². The molecule has 0 aliphatic carbocycles. The van der Waals surface area contributed by atoms with Crippen LogP contribution >= 0.6 is 0 Å². The summed E-state index contributed by atoms with van der Waals surface area (Å²) in [5, 5.41) is 12.7. The molecule has 37 heavy (non-hydrogen) atoms. The van der Waals surface area contributed by atoms with Gasteiger partial charge in [-0.05, 0) is 36.2 Å². The van der Waals surface area contributed by atoms with Gasteiger partial charge in [0.1, 0.15) is 40.1 Å². The van der Waals surface area contributed by atoms with Crippen LogP contribution in [-0.4, -0.2) is 35.4 Å². The Kier molecular flexibility index (Phi) is 4.90.